The van der Waals surface area contributed by atoms with Crippen LogP contribution in [0.5, 0.6) is 5.75 Å². The van der Waals surface area contributed by atoms with Gasteiger partial charge in [-0.2, -0.15) is 0 Å². The molecule has 0 heterocycles. The summed E-state index contributed by atoms with van der Waals surface area (Å²) in [7, 11) is 1.51. The highest BCUT2D eigenvalue weighted by Gasteiger charge is 2.13. The molecule has 0 fully saturated rings. The average molecular weight is 222 g/mol. The van der Waals surface area contributed by atoms with E-state index in [9.17, 15) is 4.79 Å². The van der Waals surface area contributed by atoms with E-state index in [1.807, 2.05) is 0 Å². The molecule has 1 aromatic rings. The molecule has 0 saturated heterocycles. The van der Waals surface area contributed by atoms with Gasteiger partial charge < -0.3 is 15.8 Å². The zero-order chi connectivity index (χ0) is 12.0. The van der Waals surface area contributed by atoms with Gasteiger partial charge in [0.05, 0.1) is 18.4 Å². The third kappa shape index (κ3) is 2.89. The van der Waals surface area contributed by atoms with E-state index < -0.39 is 0 Å². The summed E-state index contributed by atoms with van der Waals surface area (Å²) in [6.45, 7) is 2.75. The summed E-state index contributed by atoms with van der Waals surface area (Å²) in [5.74, 6) is 0.300. The Kier molecular flexibility index (Phi) is 4.64. The molecule has 0 unspecified atom stereocenters. The molecule has 1 rings (SSSR count). The first-order chi connectivity index (χ1) is 7.70. The quantitative estimate of drug-likeness (QED) is 0.590. The maximum atomic E-state index is 11.8. The predicted octanol–water partition coefficient (Wildman–Crippen LogP) is 1.81. The minimum atomic E-state index is -0.141. The fraction of sp³-hybridized carbons (Fsp3) is 0.417. The number of hydrogen-bond donors (Lipinski definition) is 2. The molecule has 16 heavy (non-hydrogen) atoms. The lowest BCUT2D eigenvalue weighted by Gasteiger charge is -2.10. The number of carbonyl (C=O) groups is 1. The summed E-state index contributed by atoms with van der Waals surface area (Å²) in [4.78, 5) is 11.8. The van der Waals surface area contributed by atoms with Crippen LogP contribution in [0.25, 0.3) is 0 Å². The number of nitrogen functional groups attached to an aromatic ring is 1. The van der Waals surface area contributed by atoms with E-state index in [4.69, 9.17) is 10.5 Å². The van der Waals surface area contributed by atoms with Crippen LogP contribution in [-0.2, 0) is 0 Å². The Morgan fingerprint density at radius 3 is 2.88 bits per heavy atom. The van der Waals surface area contributed by atoms with Crippen molar-refractivity contribution in [3.63, 3.8) is 0 Å². The van der Waals surface area contributed by atoms with Gasteiger partial charge >= 0.3 is 0 Å². The molecular formula is C12H18N2O2. The van der Waals surface area contributed by atoms with E-state index in [0.717, 1.165) is 12.8 Å². The second-order valence-electron chi connectivity index (χ2n) is 3.54. The first-order valence-electron chi connectivity index (χ1n) is 5.41. The van der Waals surface area contributed by atoms with Crippen molar-refractivity contribution in [1.29, 1.82) is 0 Å². The maximum Gasteiger partial charge on any atom is 0.255 e. The fourth-order valence-electron chi connectivity index (χ4n) is 1.44. The number of anilines is 1. The van der Waals surface area contributed by atoms with Gasteiger partial charge in [-0.25, -0.2) is 0 Å². The number of amides is 1. The van der Waals surface area contributed by atoms with Crippen LogP contribution in [0.2, 0.25) is 0 Å². The van der Waals surface area contributed by atoms with Gasteiger partial charge in [0.25, 0.3) is 5.91 Å². The van der Waals surface area contributed by atoms with Gasteiger partial charge in [0.15, 0.2) is 5.75 Å². The van der Waals surface area contributed by atoms with Crippen LogP contribution in [0.3, 0.4) is 0 Å². The highest BCUT2D eigenvalue weighted by Crippen LogP contribution is 2.25. The number of unbranched alkanes of at least 4 members (excludes halogenated alkanes) is 1. The summed E-state index contributed by atoms with van der Waals surface area (Å²) in [5, 5.41) is 2.83. The van der Waals surface area contributed by atoms with Crippen LogP contribution < -0.4 is 15.8 Å². The molecule has 0 aliphatic rings. The van der Waals surface area contributed by atoms with E-state index in [-0.39, 0.29) is 5.91 Å². The summed E-state index contributed by atoms with van der Waals surface area (Å²) < 4.78 is 5.12. The molecule has 0 spiro atoms. The van der Waals surface area contributed by atoms with Crippen molar-refractivity contribution in [2.45, 2.75) is 19.8 Å². The third-order valence-corrected chi connectivity index (χ3v) is 2.31. The van der Waals surface area contributed by atoms with Gasteiger partial charge in [-0.05, 0) is 18.6 Å². The Balaban J connectivity index is 2.78. The summed E-state index contributed by atoms with van der Waals surface area (Å²) in [5.41, 5.74) is 6.68. The van der Waals surface area contributed by atoms with Crippen molar-refractivity contribution in [2.75, 3.05) is 19.4 Å². The van der Waals surface area contributed by atoms with Crippen LogP contribution in [-0.4, -0.2) is 19.6 Å². The molecule has 88 valence electrons. The number of nitrogens with two attached hydrogens (primary N) is 1. The first-order valence-corrected chi connectivity index (χ1v) is 5.41. The molecule has 0 aliphatic heterocycles. The second-order valence-corrected chi connectivity index (χ2v) is 3.54. The Morgan fingerprint density at radius 1 is 1.50 bits per heavy atom. The number of para-hydroxylation sites is 1. The Hall–Kier alpha value is -1.71. The molecule has 0 atom stereocenters. The molecule has 0 saturated carbocycles. The first kappa shape index (κ1) is 12.4. The Morgan fingerprint density at radius 2 is 2.25 bits per heavy atom. The molecule has 4 heteroatoms. The van der Waals surface area contributed by atoms with Gasteiger partial charge in [0.1, 0.15) is 0 Å². The van der Waals surface area contributed by atoms with E-state index >= 15 is 0 Å². The monoisotopic (exact) mass is 222 g/mol. The largest absolute Gasteiger partial charge is 0.494 e. The normalized spacial score (nSPS) is 9.88. The van der Waals surface area contributed by atoms with Crippen molar-refractivity contribution in [3.8, 4) is 5.75 Å². The van der Waals surface area contributed by atoms with E-state index in [0.29, 0.717) is 23.5 Å². The van der Waals surface area contributed by atoms with Crippen LogP contribution in [0.1, 0.15) is 30.1 Å². The number of carbonyl (C=O) groups excluding carboxylic acids is 1. The maximum absolute atomic E-state index is 11.8. The highest BCUT2D eigenvalue weighted by molar-refractivity contribution is 5.98. The van der Waals surface area contributed by atoms with E-state index in [2.05, 4.69) is 12.2 Å². The van der Waals surface area contributed by atoms with Gasteiger partial charge in [0.2, 0.25) is 0 Å². The number of hydrogen-bond acceptors (Lipinski definition) is 3. The van der Waals surface area contributed by atoms with Crippen molar-refractivity contribution in [2.24, 2.45) is 0 Å². The molecule has 0 aliphatic carbocycles. The molecule has 0 bridgehead atoms. The van der Waals surface area contributed by atoms with E-state index in [1.165, 1.54) is 7.11 Å². The lowest BCUT2D eigenvalue weighted by molar-refractivity contribution is 0.0950. The molecule has 0 radical (unpaired) electrons. The number of ether oxygens (including phenoxy) is 1. The smallest absolute Gasteiger partial charge is 0.255 e. The highest BCUT2D eigenvalue weighted by atomic mass is 16.5. The molecule has 1 amide bonds. The lowest BCUT2D eigenvalue weighted by atomic mass is 10.1. The molecule has 3 N–H and O–H groups in total. The van der Waals surface area contributed by atoms with Crippen LogP contribution in [0.4, 0.5) is 5.69 Å². The van der Waals surface area contributed by atoms with Crippen molar-refractivity contribution >= 4 is 11.6 Å². The average Bonchev–Trinajstić information content (AvgIpc) is 2.29. The van der Waals surface area contributed by atoms with Crippen molar-refractivity contribution in [1.82, 2.24) is 5.32 Å². The molecule has 0 aromatic heterocycles. The fourth-order valence-corrected chi connectivity index (χ4v) is 1.44. The zero-order valence-electron chi connectivity index (χ0n) is 9.75. The summed E-state index contributed by atoms with van der Waals surface area (Å²) in [6, 6.07) is 5.16. The third-order valence-electron chi connectivity index (χ3n) is 2.31. The SMILES string of the molecule is CCCCNC(=O)c1cccc(N)c1OC. The van der Waals surface area contributed by atoms with Crippen molar-refractivity contribution < 1.29 is 9.53 Å². The number of rotatable bonds is 5. The van der Waals surface area contributed by atoms with Crippen LogP contribution >= 0.6 is 0 Å². The minimum absolute atomic E-state index is 0.141. The van der Waals surface area contributed by atoms with Gasteiger partial charge in [-0.1, -0.05) is 19.4 Å². The Labute approximate surface area is 95.8 Å². The number of nitrogens with one attached hydrogen (secondary N) is 1. The zero-order valence-corrected chi connectivity index (χ0v) is 9.75. The molecule has 1 aromatic carbocycles. The topological polar surface area (TPSA) is 64.4 Å². The van der Waals surface area contributed by atoms with Crippen LogP contribution in [0.15, 0.2) is 18.2 Å². The standard InChI is InChI=1S/C12H18N2O2/c1-3-4-8-14-12(15)9-6-5-7-10(13)11(9)16-2/h5-7H,3-4,8,13H2,1-2H3,(H,14,15). The van der Waals surface area contributed by atoms with Gasteiger partial charge in [0, 0.05) is 6.54 Å². The number of benzene rings is 1. The van der Waals surface area contributed by atoms with Crippen LogP contribution in [0, 0.1) is 0 Å². The Bertz CT molecular complexity index is 364. The van der Waals surface area contributed by atoms with Gasteiger partial charge in [-0.3, -0.25) is 4.79 Å². The summed E-state index contributed by atoms with van der Waals surface area (Å²) in [6.07, 6.45) is 2.02. The minimum Gasteiger partial charge on any atom is -0.494 e. The second kappa shape index (κ2) is 6.00. The predicted molar refractivity (Wildman–Crippen MR) is 64.6 cm³/mol. The van der Waals surface area contributed by atoms with Gasteiger partial charge in [-0.15, -0.1) is 0 Å². The summed E-state index contributed by atoms with van der Waals surface area (Å²) >= 11 is 0. The molecular weight excluding hydrogens is 204 g/mol. The molecule has 4 nitrogen and oxygen atoms in total. The van der Waals surface area contributed by atoms with E-state index in [1.54, 1.807) is 18.2 Å². The number of methoxy groups -OCH3 is 1. The lowest BCUT2D eigenvalue weighted by Crippen LogP contribution is -2.25. The van der Waals surface area contributed by atoms with Crippen molar-refractivity contribution in [3.05, 3.63) is 23.8 Å².